The molecule has 30 heavy (non-hydrogen) atoms. The molecule has 0 aliphatic carbocycles. The lowest BCUT2D eigenvalue weighted by Crippen LogP contribution is -2.47. The van der Waals surface area contributed by atoms with Gasteiger partial charge in [-0.25, -0.2) is 0 Å². The highest BCUT2D eigenvalue weighted by molar-refractivity contribution is 7.99. The minimum Gasteiger partial charge on any atom is -0.372 e. The monoisotopic (exact) mass is 445 g/mol. The third kappa shape index (κ3) is 5.56. The summed E-state index contributed by atoms with van der Waals surface area (Å²) in [6.45, 7) is 6.32. The number of halogens is 1. The molecule has 7 heteroatoms. The maximum absolute atomic E-state index is 11.0. The van der Waals surface area contributed by atoms with E-state index in [1.807, 2.05) is 6.07 Å². The molecule has 5 nitrogen and oxygen atoms in total. The number of nitrogens with zero attached hydrogens (tertiary/aromatic N) is 2. The number of ether oxygens (including phenoxy) is 1. The molecule has 160 valence electrons. The van der Waals surface area contributed by atoms with E-state index < -0.39 is 0 Å². The highest BCUT2D eigenvalue weighted by Gasteiger charge is 2.24. The third-order valence-electron chi connectivity index (χ3n) is 5.78. The maximum atomic E-state index is 11.0. The second-order valence-corrected chi connectivity index (χ2v) is 9.38. The molecule has 0 spiro atoms. The SMILES string of the molecule is NC(=O)CCN1CCN(CCO[C@@H]2Cc3cc(Cl)ccc3Sc3ccccc32)CC1. The Morgan fingerprint density at radius 3 is 2.57 bits per heavy atom. The van der Waals surface area contributed by atoms with E-state index in [1.165, 1.54) is 20.9 Å². The third-order valence-corrected chi connectivity index (χ3v) is 7.22. The molecule has 2 heterocycles. The van der Waals surface area contributed by atoms with Gasteiger partial charge in [0.05, 0.1) is 12.7 Å². The van der Waals surface area contributed by atoms with Gasteiger partial charge in [0.2, 0.25) is 5.91 Å². The Kier molecular flexibility index (Phi) is 7.33. The molecule has 1 saturated heterocycles. The van der Waals surface area contributed by atoms with Crippen molar-refractivity contribution in [2.24, 2.45) is 5.73 Å². The molecule has 2 aromatic carbocycles. The van der Waals surface area contributed by atoms with Crippen LogP contribution in [0.4, 0.5) is 0 Å². The van der Waals surface area contributed by atoms with Gasteiger partial charge in [0.1, 0.15) is 0 Å². The average molecular weight is 446 g/mol. The number of hydrogen-bond acceptors (Lipinski definition) is 5. The fourth-order valence-corrected chi connectivity index (χ4v) is 5.36. The number of amides is 1. The fourth-order valence-electron chi connectivity index (χ4n) is 4.05. The summed E-state index contributed by atoms with van der Waals surface area (Å²) in [5.74, 6) is -0.226. The summed E-state index contributed by atoms with van der Waals surface area (Å²) < 4.78 is 6.42. The van der Waals surface area contributed by atoms with Crippen LogP contribution in [0.5, 0.6) is 0 Å². The van der Waals surface area contributed by atoms with Crippen molar-refractivity contribution in [2.75, 3.05) is 45.9 Å². The predicted molar refractivity (Wildman–Crippen MR) is 121 cm³/mol. The lowest BCUT2D eigenvalue weighted by Gasteiger charge is -2.34. The van der Waals surface area contributed by atoms with E-state index in [9.17, 15) is 4.79 Å². The van der Waals surface area contributed by atoms with Crippen molar-refractivity contribution < 1.29 is 9.53 Å². The topological polar surface area (TPSA) is 58.8 Å². The van der Waals surface area contributed by atoms with Gasteiger partial charge in [-0.05, 0) is 35.4 Å². The van der Waals surface area contributed by atoms with Crippen LogP contribution in [-0.4, -0.2) is 61.6 Å². The van der Waals surface area contributed by atoms with Crippen LogP contribution in [0.3, 0.4) is 0 Å². The summed E-state index contributed by atoms with van der Waals surface area (Å²) in [4.78, 5) is 18.2. The number of rotatable bonds is 7. The zero-order chi connectivity index (χ0) is 20.9. The van der Waals surface area contributed by atoms with Crippen LogP contribution in [0.2, 0.25) is 5.02 Å². The molecule has 2 aromatic rings. The minimum atomic E-state index is -0.226. The summed E-state index contributed by atoms with van der Waals surface area (Å²) in [6, 6.07) is 14.7. The Hall–Kier alpha value is -1.57. The predicted octanol–water partition coefficient (Wildman–Crippen LogP) is 3.60. The highest BCUT2D eigenvalue weighted by Crippen LogP contribution is 2.42. The summed E-state index contributed by atoms with van der Waals surface area (Å²) in [5, 5.41) is 0.772. The van der Waals surface area contributed by atoms with Gasteiger partial charge in [-0.1, -0.05) is 41.6 Å². The van der Waals surface area contributed by atoms with Crippen LogP contribution in [0, 0.1) is 0 Å². The lowest BCUT2D eigenvalue weighted by atomic mass is 10.0. The van der Waals surface area contributed by atoms with Gasteiger partial charge in [-0.3, -0.25) is 9.69 Å². The van der Waals surface area contributed by atoms with Gasteiger partial charge in [0.25, 0.3) is 0 Å². The van der Waals surface area contributed by atoms with Gasteiger partial charge in [0.15, 0.2) is 0 Å². The largest absolute Gasteiger partial charge is 0.372 e. The number of piperazine rings is 1. The first-order valence-corrected chi connectivity index (χ1v) is 11.7. The molecule has 0 bridgehead atoms. The van der Waals surface area contributed by atoms with Crippen molar-refractivity contribution in [1.82, 2.24) is 9.80 Å². The van der Waals surface area contributed by atoms with Gasteiger partial charge in [-0.15, -0.1) is 0 Å². The molecule has 0 unspecified atom stereocenters. The zero-order valence-corrected chi connectivity index (χ0v) is 18.6. The molecule has 0 radical (unpaired) electrons. The molecule has 0 aromatic heterocycles. The highest BCUT2D eigenvalue weighted by atomic mass is 35.5. The number of primary amides is 1. The van der Waals surface area contributed by atoms with E-state index in [1.54, 1.807) is 11.8 Å². The Balaban J connectivity index is 1.33. The van der Waals surface area contributed by atoms with Crippen molar-refractivity contribution in [3.63, 3.8) is 0 Å². The van der Waals surface area contributed by atoms with Gasteiger partial charge in [0, 0.05) is 66.9 Å². The van der Waals surface area contributed by atoms with Gasteiger partial charge in [-0.2, -0.15) is 0 Å². The van der Waals surface area contributed by atoms with Crippen LogP contribution in [0.25, 0.3) is 0 Å². The number of carbonyl (C=O) groups excluding carboxylic acids is 1. The molecule has 2 aliphatic heterocycles. The fraction of sp³-hybridized carbons (Fsp3) is 0.435. The Morgan fingerprint density at radius 2 is 1.80 bits per heavy atom. The number of nitrogens with two attached hydrogens (primary N) is 1. The van der Waals surface area contributed by atoms with Crippen molar-refractivity contribution in [3.8, 4) is 0 Å². The Bertz CT molecular complexity index is 887. The summed E-state index contributed by atoms with van der Waals surface area (Å²) >= 11 is 8.06. The molecule has 1 fully saturated rings. The second-order valence-electron chi connectivity index (χ2n) is 7.86. The first-order valence-electron chi connectivity index (χ1n) is 10.5. The van der Waals surface area contributed by atoms with Crippen molar-refractivity contribution in [3.05, 3.63) is 58.6 Å². The summed E-state index contributed by atoms with van der Waals surface area (Å²) in [6.07, 6.45) is 1.30. The molecular formula is C23H28ClN3O2S. The molecule has 4 rings (SSSR count). The lowest BCUT2D eigenvalue weighted by molar-refractivity contribution is -0.118. The van der Waals surface area contributed by atoms with Crippen LogP contribution in [-0.2, 0) is 16.0 Å². The van der Waals surface area contributed by atoms with E-state index in [-0.39, 0.29) is 12.0 Å². The van der Waals surface area contributed by atoms with E-state index in [0.717, 1.165) is 50.7 Å². The van der Waals surface area contributed by atoms with Crippen LogP contribution >= 0.6 is 23.4 Å². The Morgan fingerprint density at radius 1 is 1.07 bits per heavy atom. The standard InChI is InChI=1S/C23H28ClN3O2S/c24-18-5-6-21-17(15-18)16-20(19-3-1-2-4-22(19)30-21)29-14-13-27-11-9-26(10-12-27)8-7-23(25)28/h1-6,15,20H,7-14,16H2,(H2,25,28)/t20-/m1/s1. The quantitative estimate of drug-likeness (QED) is 0.705. The van der Waals surface area contributed by atoms with Crippen LogP contribution in [0.1, 0.15) is 23.7 Å². The molecule has 0 saturated carbocycles. The van der Waals surface area contributed by atoms with E-state index >= 15 is 0 Å². The minimum absolute atomic E-state index is 0.0327. The van der Waals surface area contributed by atoms with Gasteiger partial charge < -0.3 is 15.4 Å². The molecule has 1 amide bonds. The number of fused-ring (bicyclic) bond motifs is 2. The second kappa shape index (κ2) is 10.2. The smallest absolute Gasteiger partial charge is 0.218 e. The first kappa shape index (κ1) is 21.7. The summed E-state index contributed by atoms with van der Waals surface area (Å²) in [5.41, 5.74) is 7.76. The Labute approximate surface area is 187 Å². The van der Waals surface area contributed by atoms with Crippen LogP contribution in [0.15, 0.2) is 52.3 Å². The normalized spacial score (nSPS) is 19.7. The number of carbonyl (C=O) groups is 1. The van der Waals surface area contributed by atoms with E-state index in [0.29, 0.717) is 13.0 Å². The average Bonchev–Trinajstić information content (AvgIpc) is 2.89. The summed E-state index contributed by atoms with van der Waals surface area (Å²) in [7, 11) is 0. The molecule has 2 aliphatic rings. The maximum Gasteiger partial charge on any atom is 0.218 e. The molecule has 1 atom stereocenters. The number of hydrogen-bond donors (Lipinski definition) is 1. The first-order chi connectivity index (χ1) is 14.6. The number of benzene rings is 2. The zero-order valence-electron chi connectivity index (χ0n) is 17.1. The molecular weight excluding hydrogens is 418 g/mol. The van der Waals surface area contributed by atoms with E-state index in [2.05, 4.69) is 46.2 Å². The van der Waals surface area contributed by atoms with Crippen molar-refractivity contribution in [2.45, 2.75) is 28.7 Å². The van der Waals surface area contributed by atoms with Gasteiger partial charge >= 0.3 is 0 Å². The molecule has 2 N–H and O–H groups in total. The van der Waals surface area contributed by atoms with E-state index in [4.69, 9.17) is 22.1 Å². The van der Waals surface area contributed by atoms with Crippen LogP contribution < -0.4 is 5.73 Å². The van der Waals surface area contributed by atoms with Crippen molar-refractivity contribution in [1.29, 1.82) is 0 Å². The van der Waals surface area contributed by atoms with Crippen molar-refractivity contribution >= 4 is 29.3 Å².